The molecule has 0 atom stereocenters. The first kappa shape index (κ1) is 8.71. The fourth-order valence-electron chi connectivity index (χ4n) is 0.957. The van der Waals surface area contributed by atoms with E-state index in [0.717, 1.165) is 5.56 Å². The zero-order chi connectivity index (χ0) is 8.97. The van der Waals surface area contributed by atoms with E-state index in [4.69, 9.17) is 5.73 Å². The lowest BCUT2D eigenvalue weighted by Crippen LogP contribution is -2.01. The lowest BCUT2D eigenvalue weighted by Gasteiger charge is -1.98. The fourth-order valence-corrected chi connectivity index (χ4v) is 0.957. The fraction of sp³-hybridized carbons (Fsp3) is 0.333. The van der Waals surface area contributed by atoms with E-state index in [1.165, 1.54) is 0 Å². The maximum Gasteiger partial charge on any atom is 0.136 e. The van der Waals surface area contributed by atoms with Gasteiger partial charge in [-0.1, -0.05) is 6.92 Å². The smallest absolute Gasteiger partial charge is 0.136 e. The molecule has 1 aromatic heterocycles. The Kier molecular flexibility index (Phi) is 2.80. The maximum absolute atomic E-state index is 11.0. The lowest BCUT2D eigenvalue weighted by atomic mass is 10.1. The molecular formula is C9H12N2O. The normalized spacial score (nSPS) is 9.75. The van der Waals surface area contributed by atoms with Crippen LogP contribution in [0.1, 0.15) is 18.9 Å². The second kappa shape index (κ2) is 3.85. The van der Waals surface area contributed by atoms with Crippen molar-refractivity contribution in [1.29, 1.82) is 0 Å². The molecule has 12 heavy (non-hydrogen) atoms. The molecule has 0 aliphatic heterocycles. The zero-order valence-electron chi connectivity index (χ0n) is 7.08. The summed E-state index contributed by atoms with van der Waals surface area (Å²) in [6.07, 6.45) is 2.65. The molecule has 3 heteroatoms. The highest BCUT2D eigenvalue weighted by molar-refractivity contribution is 5.80. The topological polar surface area (TPSA) is 56.0 Å². The molecule has 1 rings (SSSR count). The van der Waals surface area contributed by atoms with Gasteiger partial charge in [-0.05, 0) is 17.7 Å². The maximum atomic E-state index is 11.0. The first-order valence-corrected chi connectivity index (χ1v) is 3.94. The molecule has 0 aliphatic carbocycles. The molecule has 0 saturated carbocycles. The van der Waals surface area contributed by atoms with Crippen molar-refractivity contribution in [1.82, 2.24) is 4.98 Å². The van der Waals surface area contributed by atoms with E-state index in [0.29, 0.717) is 18.7 Å². The summed E-state index contributed by atoms with van der Waals surface area (Å²) in [5, 5.41) is 0. The third kappa shape index (κ3) is 2.34. The summed E-state index contributed by atoms with van der Waals surface area (Å²) in [7, 11) is 0. The van der Waals surface area contributed by atoms with Crippen LogP contribution in [0.3, 0.4) is 0 Å². The van der Waals surface area contributed by atoms with Crippen LogP contribution in [0.4, 0.5) is 5.82 Å². The van der Waals surface area contributed by atoms with Gasteiger partial charge in [-0.25, -0.2) is 4.98 Å². The minimum absolute atomic E-state index is 0.223. The molecule has 0 spiro atoms. The Morgan fingerprint density at radius 1 is 1.67 bits per heavy atom. The predicted molar refractivity (Wildman–Crippen MR) is 47.7 cm³/mol. The molecule has 3 nitrogen and oxygen atoms in total. The van der Waals surface area contributed by atoms with E-state index in [1.807, 2.05) is 13.0 Å². The number of carbonyl (C=O) groups is 1. The SMILES string of the molecule is CCC(=O)Cc1ccnc(N)c1. The van der Waals surface area contributed by atoms with Crippen molar-refractivity contribution in [2.24, 2.45) is 0 Å². The van der Waals surface area contributed by atoms with Crippen molar-refractivity contribution in [3.63, 3.8) is 0 Å². The van der Waals surface area contributed by atoms with Gasteiger partial charge < -0.3 is 5.73 Å². The van der Waals surface area contributed by atoms with E-state index in [2.05, 4.69) is 4.98 Å². The number of nitrogens with zero attached hydrogens (tertiary/aromatic N) is 1. The summed E-state index contributed by atoms with van der Waals surface area (Å²) in [5.74, 6) is 0.692. The summed E-state index contributed by atoms with van der Waals surface area (Å²) in [5.41, 5.74) is 6.39. The van der Waals surface area contributed by atoms with Crippen LogP contribution >= 0.6 is 0 Å². The number of anilines is 1. The van der Waals surface area contributed by atoms with Gasteiger partial charge >= 0.3 is 0 Å². The van der Waals surface area contributed by atoms with Crippen molar-refractivity contribution in [3.05, 3.63) is 23.9 Å². The van der Waals surface area contributed by atoms with Gasteiger partial charge in [0.25, 0.3) is 0 Å². The summed E-state index contributed by atoms with van der Waals surface area (Å²) >= 11 is 0. The number of rotatable bonds is 3. The molecule has 0 aromatic carbocycles. The molecule has 0 fully saturated rings. The van der Waals surface area contributed by atoms with Crippen molar-refractivity contribution in [3.8, 4) is 0 Å². The van der Waals surface area contributed by atoms with Crippen LogP contribution in [-0.2, 0) is 11.2 Å². The molecule has 0 unspecified atom stereocenters. The second-order valence-electron chi connectivity index (χ2n) is 2.66. The highest BCUT2D eigenvalue weighted by Gasteiger charge is 2.00. The quantitative estimate of drug-likeness (QED) is 0.730. The van der Waals surface area contributed by atoms with Gasteiger partial charge in [0.2, 0.25) is 0 Å². The van der Waals surface area contributed by atoms with Gasteiger partial charge in [-0.15, -0.1) is 0 Å². The molecule has 1 heterocycles. The first-order chi connectivity index (χ1) is 5.72. The number of hydrogen-bond acceptors (Lipinski definition) is 3. The van der Waals surface area contributed by atoms with E-state index in [1.54, 1.807) is 12.3 Å². The molecule has 0 bridgehead atoms. The predicted octanol–water partition coefficient (Wildman–Crippen LogP) is 1.19. The van der Waals surface area contributed by atoms with Crippen LogP contribution < -0.4 is 5.73 Å². The Bertz CT molecular complexity index is 284. The van der Waals surface area contributed by atoms with Crippen LogP contribution in [0.2, 0.25) is 0 Å². The third-order valence-electron chi connectivity index (χ3n) is 1.64. The number of hydrogen-bond donors (Lipinski definition) is 1. The second-order valence-corrected chi connectivity index (χ2v) is 2.66. The van der Waals surface area contributed by atoms with Gasteiger partial charge in [-0.3, -0.25) is 4.79 Å². The highest BCUT2D eigenvalue weighted by Crippen LogP contribution is 2.04. The van der Waals surface area contributed by atoms with Crippen molar-refractivity contribution < 1.29 is 4.79 Å². The Hall–Kier alpha value is -1.38. The van der Waals surface area contributed by atoms with Crippen molar-refractivity contribution >= 4 is 11.6 Å². The van der Waals surface area contributed by atoms with Crippen molar-refractivity contribution in [2.45, 2.75) is 19.8 Å². The Labute approximate surface area is 71.6 Å². The lowest BCUT2D eigenvalue weighted by molar-refractivity contribution is -0.118. The van der Waals surface area contributed by atoms with E-state index >= 15 is 0 Å². The molecule has 0 aliphatic rings. The van der Waals surface area contributed by atoms with Crippen LogP contribution in [0.25, 0.3) is 0 Å². The van der Waals surface area contributed by atoms with Crippen LogP contribution in [0, 0.1) is 0 Å². The largest absolute Gasteiger partial charge is 0.384 e. The number of nitrogen functional groups attached to an aromatic ring is 1. The minimum atomic E-state index is 0.223. The minimum Gasteiger partial charge on any atom is -0.384 e. The summed E-state index contributed by atoms with van der Waals surface area (Å²) < 4.78 is 0. The Morgan fingerprint density at radius 2 is 2.42 bits per heavy atom. The summed E-state index contributed by atoms with van der Waals surface area (Å²) in [6, 6.07) is 3.54. The number of Topliss-reactive ketones (excluding diaryl/α,β-unsaturated/α-hetero) is 1. The number of pyridine rings is 1. The monoisotopic (exact) mass is 164 g/mol. The number of aromatic nitrogens is 1. The van der Waals surface area contributed by atoms with E-state index in [9.17, 15) is 4.79 Å². The van der Waals surface area contributed by atoms with Gasteiger partial charge in [0.15, 0.2) is 0 Å². The Morgan fingerprint density at radius 3 is 3.00 bits per heavy atom. The molecule has 0 radical (unpaired) electrons. The highest BCUT2D eigenvalue weighted by atomic mass is 16.1. The van der Waals surface area contributed by atoms with E-state index < -0.39 is 0 Å². The molecule has 0 saturated heterocycles. The molecule has 2 N–H and O–H groups in total. The van der Waals surface area contributed by atoms with Crippen LogP contribution in [0.15, 0.2) is 18.3 Å². The van der Waals surface area contributed by atoms with Crippen LogP contribution in [-0.4, -0.2) is 10.8 Å². The first-order valence-electron chi connectivity index (χ1n) is 3.94. The third-order valence-corrected chi connectivity index (χ3v) is 1.64. The number of nitrogens with two attached hydrogens (primary N) is 1. The zero-order valence-corrected chi connectivity index (χ0v) is 7.08. The van der Waals surface area contributed by atoms with Crippen LogP contribution in [0.5, 0.6) is 0 Å². The molecule has 64 valence electrons. The Balaban J connectivity index is 2.69. The van der Waals surface area contributed by atoms with Gasteiger partial charge in [-0.2, -0.15) is 0 Å². The molecule has 1 aromatic rings. The average molecular weight is 164 g/mol. The van der Waals surface area contributed by atoms with Gasteiger partial charge in [0.1, 0.15) is 11.6 Å². The van der Waals surface area contributed by atoms with Crippen molar-refractivity contribution in [2.75, 3.05) is 5.73 Å². The average Bonchev–Trinajstić information content (AvgIpc) is 2.04. The van der Waals surface area contributed by atoms with E-state index in [-0.39, 0.29) is 5.78 Å². The molecular weight excluding hydrogens is 152 g/mol. The summed E-state index contributed by atoms with van der Waals surface area (Å²) in [6.45, 7) is 1.85. The summed E-state index contributed by atoms with van der Waals surface area (Å²) in [4.78, 5) is 14.9. The molecule has 0 amide bonds. The van der Waals surface area contributed by atoms with Gasteiger partial charge in [0, 0.05) is 19.0 Å². The standard InChI is InChI=1S/C9H12N2O/c1-2-8(12)5-7-3-4-11-9(10)6-7/h3-4,6H,2,5H2,1H3,(H2,10,11). The number of carbonyl (C=O) groups excluding carboxylic acids is 1. The number of ketones is 1. The van der Waals surface area contributed by atoms with Gasteiger partial charge in [0.05, 0.1) is 0 Å².